The van der Waals surface area contributed by atoms with Gasteiger partial charge in [0.05, 0.1) is 24.0 Å². The zero-order chi connectivity index (χ0) is 29.8. The van der Waals surface area contributed by atoms with Crippen molar-refractivity contribution in [2.75, 3.05) is 13.6 Å². The molecule has 216 valence electrons. The van der Waals surface area contributed by atoms with Crippen LogP contribution in [0, 0.1) is 5.92 Å². The van der Waals surface area contributed by atoms with E-state index in [0.717, 1.165) is 11.6 Å². The normalized spacial score (nSPS) is 13.6. The van der Waals surface area contributed by atoms with Crippen molar-refractivity contribution < 1.29 is 22.8 Å². The number of alkyl halides is 3. The van der Waals surface area contributed by atoms with Gasteiger partial charge < -0.3 is 10.2 Å². The third-order valence-electron chi connectivity index (χ3n) is 7.06. The lowest BCUT2D eigenvalue weighted by molar-refractivity contribution is -0.138. The molecule has 1 aliphatic heterocycles. The number of hydrogen-bond acceptors (Lipinski definition) is 5. The predicted molar refractivity (Wildman–Crippen MR) is 147 cm³/mol. The number of carbonyl (C=O) groups excluding carboxylic acids is 2. The fourth-order valence-corrected chi connectivity index (χ4v) is 5.62. The van der Waals surface area contributed by atoms with Crippen LogP contribution >= 0.6 is 15.9 Å². The topological polar surface area (TPSA) is 107 Å². The Bertz CT molecular complexity index is 1750. The van der Waals surface area contributed by atoms with E-state index in [2.05, 4.69) is 31.4 Å². The Balaban J connectivity index is 1.63. The molecule has 0 saturated carbocycles. The van der Waals surface area contributed by atoms with E-state index in [-0.39, 0.29) is 58.4 Å². The number of rotatable bonds is 5. The highest BCUT2D eigenvalue weighted by Crippen LogP contribution is 2.36. The lowest BCUT2D eigenvalue weighted by Gasteiger charge is -2.29. The average molecular weight is 634 g/mol. The van der Waals surface area contributed by atoms with E-state index in [1.54, 1.807) is 17.8 Å². The molecule has 4 heterocycles. The van der Waals surface area contributed by atoms with E-state index in [1.165, 1.54) is 39.4 Å². The monoisotopic (exact) mass is 633 g/mol. The summed E-state index contributed by atoms with van der Waals surface area (Å²) in [5.41, 5.74) is 0.993. The number of nitrogens with zero attached hydrogens (tertiary/aromatic N) is 6. The zero-order valence-electron chi connectivity index (χ0n) is 22.7. The molecule has 0 aliphatic carbocycles. The predicted octanol–water partition coefficient (Wildman–Crippen LogP) is 3.76. The highest BCUT2D eigenvalue weighted by molar-refractivity contribution is 9.10. The molecule has 41 heavy (non-hydrogen) atoms. The molecular weight excluding hydrogens is 607 g/mol. The summed E-state index contributed by atoms with van der Waals surface area (Å²) in [4.78, 5) is 41.1. The minimum atomic E-state index is -4.63. The number of amides is 2. The summed E-state index contributed by atoms with van der Waals surface area (Å²) in [6.07, 6.45) is -2.21. The van der Waals surface area contributed by atoms with Crippen LogP contribution in [0.1, 0.15) is 57.1 Å². The Hall–Kier alpha value is -3.94. The first-order valence-electron chi connectivity index (χ1n) is 12.9. The lowest BCUT2D eigenvalue weighted by Crippen LogP contribution is -2.41. The summed E-state index contributed by atoms with van der Waals surface area (Å²) >= 11 is 2.91. The second-order valence-electron chi connectivity index (χ2n) is 10.3. The molecule has 3 aromatic heterocycles. The molecule has 1 N–H and O–H groups in total. The van der Waals surface area contributed by atoms with Gasteiger partial charge in [-0.15, -0.1) is 0 Å². The Morgan fingerprint density at radius 1 is 1.20 bits per heavy atom. The molecule has 5 rings (SSSR count). The van der Waals surface area contributed by atoms with Crippen LogP contribution in [0.4, 0.5) is 13.2 Å². The van der Waals surface area contributed by atoms with E-state index < -0.39 is 17.6 Å². The van der Waals surface area contributed by atoms with Crippen molar-refractivity contribution in [2.45, 2.75) is 39.4 Å². The largest absolute Gasteiger partial charge is 0.417 e. The second kappa shape index (κ2) is 10.5. The average Bonchev–Trinajstić information content (AvgIpc) is 3.50. The fraction of sp³-hybridized carbons (Fsp3) is 0.370. The van der Waals surface area contributed by atoms with Crippen molar-refractivity contribution in [3.63, 3.8) is 0 Å². The smallest absolute Gasteiger partial charge is 0.354 e. The van der Waals surface area contributed by atoms with Crippen molar-refractivity contribution in [1.82, 2.24) is 34.2 Å². The summed E-state index contributed by atoms with van der Waals surface area (Å²) in [5, 5.41) is 11.6. The van der Waals surface area contributed by atoms with Crippen LogP contribution in [0.15, 0.2) is 39.7 Å². The number of hydrogen-bond donors (Lipinski definition) is 1. The molecule has 1 aromatic carbocycles. The van der Waals surface area contributed by atoms with Crippen LogP contribution < -0.4 is 10.9 Å². The quantitative estimate of drug-likeness (QED) is 0.360. The molecule has 10 nitrogen and oxygen atoms in total. The summed E-state index contributed by atoms with van der Waals surface area (Å²) in [6, 6.07) is 4.90. The van der Waals surface area contributed by atoms with E-state index in [1.807, 2.05) is 13.8 Å². The number of fused-ring (bicyclic) bond motifs is 3. The van der Waals surface area contributed by atoms with Gasteiger partial charge in [0, 0.05) is 47.9 Å². The van der Waals surface area contributed by atoms with Crippen LogP contribution in [0.3, 0.4) is 0 Å². The van der Waals surface area contributed by atoms with E-state index in [9.17, 15) is 27.6 Å². The van der Waals surface area contributed by atoms with E-state index in [0.29, 0.717) is 23.3 Å². The number of carbonyl (C=O) groups is 2. The number of benzene rings is 1. The maximum atomic E-state index is 14.0. The number of halogens is 4. The maximum Gasteiger partial charge on any atom is 0.417 e. The van der Waals surface area contributed by atoms with E-state index >= 15 is 0 Å². The summed E-state index contributed by atoms with van der Waals surface area (Å²) in [6.45, 7) is 4.16. The number of nitrogens with one attached hydrogen (secondary N) is 1. The summed E-state index contributed by atoms with van der Waals surface area (Å²) in [7, 11) is 3.11. The number of aromatic nitrogens is 5. The molecule has 14 heteroatoms. The molecule has 0 radical (unpaired) electrons. The number of aryl methyl sites for hydroxylation is 1. The summed E-state index contributed by atoms with van der Waals surface area (Å²) < 4.78 is 44.7. The van der Waals surface area contributed by atoms with Gasteiger partial charge in [0.15, 0.2) is 5.82 Å². The van der Waals surface area contributed by atoms with Crippen molar-refractivity contribution in [2.24, 2.45) is 13.0 Å². The first-order chi connectivity index (χ1) is 19.3. The van der Waals surface area contributed by atoms with Crippen LogP contribution in [0.2, 0.25) is 0 Å². The van der Waals surface area contributed by atoms with Crippen molar-refractivity contribution in [3.8, 4) is 5.82 Å². The van der Waals surface area contributed by atoms with Gasteiger partial charge >= 0.3 is 6.18 Å². The Morgan fingerprint density at radius 3 is 2.59 bits per heavy atom. The molecule has 2 amide bonds. The molecule has 0 fully saturated rings. The third kappa shape index (κ3) is 5.04. The van der Waals surface area contributed by atoms with Gasteiger partial charge in [-0.25, -0.2) is 9.08 Å². The third-order valence-corrected chi connectivity index (χ3v) is 7.75. The summed E-state index contributed by atoms with van der Waals surface area (Å²) in [5.74, 6) is -0.464. The highest BCUT2D eigenvalue weighted by atomic mass is 79.9. The first-order valence-corrected chi connectivity index (χ1v) is 13.7. The van der Waals surface area contributed by atoms with Gasteiger partial charge in [-0.2, -0.15) is 23.4 Å². The Labute approximate surface area is 240 Å². The Kier molecular flexibility index (Phi) is 7.30. The molecule has 0 atom stereocenters. The van der Waals surface area contributed by atoms with Crippen molar-refractivity contribution in [1.29, 1.82) is 0 Å². The molecule has 4 aromatic rings. The second-order valence-corrected chi connectivity index (χ2v) is 11.2. The molecular formula is C27H27BrF3N7O3. The molecule has 0 unspecified atom stereocenters. The van der Waals surface area contributed by atoms with E-state index in [4.69, 9.17) is 0 Å². The van der Waals surface area contributed by atoms with Gasteiger partial charge in [0.25, 0.3) is 17.4 Å². The minimum Gasteiger partial charge on any atom is -0.354 e. The highest BCUT2D eigenvalue weighted by Gasteiger charge is 2.35. The van der Waals surface area contributed by atoms with Gasteiger partial charge in [-0.1, -0.05) is 29.8 Å². The molecule has 0 saturated heterocycles. The molecule has 1 aliphatic rings. The minimum absolute atomic E-state index is 0.0212. The maximum absolute atomic E-state index is 14.0. The zero-order valence-corrected chi connectivity index (χ0v) is 24.3. The lowest BCUT2D eigenvalue weighted by atomic mass is 10.0. The van der Waals surface area contributed by atoms with Gasteiger partial charge in [0.2, 0.25) is 0 Å². The van der Waals surface area contributed by atoms with Crippen LogP contribution in [0.25, 0.3) is 11.5 Å². The van der Waals surface area contributed by atoms with Gasteiger partial charge in [-0.3, -0.25) is 19.1 Å². The fourth-order valence-electron chi connectivity index (χ4n) is 5.14. The van der Waals surface area contributed by atoms with Gasteiger partial charge in [0.1, 0.15) is 11.3 Å². The van der Waals surface area contributed by atoms with Crippen molar-refractivity contribution >= 4 is 33.4 Å². The molecule has 0 spiro atoms. The SMILES string of the molecule is CNC(=O)c1cc(-n2c(=O)c3c(n4ncc(CC(C)C)c24)CN(C(=O)c2ccc(Br)c(C(F)(F)F)c2)CC3)nn1C. The van der Waals surface area contributed by atoms with Crippen molar-refractivity contribution in [3.05, 3.63) is 78.9 Å². The molecule has 0 bridgehead atoms. The standard InChI is InChI=1S/C27H27BrF3N7O3/c1-14(2)9-16-12-33-38-21-13-36(25(40)15-5-6-19(28)18(10-15)27(29,30)31)8-7-17(21)26(41)37(24(16)38)22-11-20(23(39)32-3)35(4)34-22/h5-6,10-12,14H,7-9,13H2,1-4H3,(H,32,39). The van der Waals surface area contributed by atoms with Crippen LogP contribution in [0.5, 0.6) is 0 Å². The first kappa shape index (κ1) is 28.6. The van der Waals surface area contributed by atoms with Crippen LogP contribution in [-0.2, 0) is 32.6 Å². The van der Waals surface area contributed by atoms with Gasteiger partial charge in [-0.05, 0) is 37.0 Å². The van der Waals surface area contributed by atoms with Crippen LogP contribution in [-0.4, -0.2) is 54.3 Å². The Morgan fingerprint density at radius 2 is 1.93 bits per heavy atom.